The van der Waals surface area contributed by atoms with Crippen molar-refractivity contribution in [1.29, 1.82) is 0 Å². The molecule has 0 saturated carbocycles. The molecule has 20 heavy (non-hydrogen) atoms. The average Bonchev–Trinajstić information content (AvgIpc) is 2.41. The Morgan fingerprint density at radius 2 is 2.05 bits per heavy atom. The average molecular weight is 277 g/mol. The van der Waals surface area contributed by atoms with E-state index in [0.717, 1.165) is 19.4 Å². The molecule has 0 heterocycles. The van der Waals surface area contributed by atoms with Crippen molar-refractivity contribution >= 4 is 6.03 Å². The Hall–Kier alpha value is -1.55. The van der Waals surface area contributed by atoms with Gasteiger partial charge in [-0.05, 0) is 32.3 Å². The molecule has 0 aliphatic rings. The van der Waals surface area contributed by atoms with Crippen LogP contribution >= 0.6 is 0 Å². The molecule has 4 nitrogen and oxygen atoms in total. The van der Waals surface area contributed by atoms with Crippen molar-refractivity contribution in [2.24, 2.45) is 0 Å². The molecule has 112 valence electrons. The van der Waals surface area contributed by atoms with E-state index in [4.69, 9.17) is 0 Å². The summed E-state index contributed by atoms with van der Waals surface area (Å²) in [5.74, 6) is 0. The number of carbonyl (C=O) groups excluding carboxylic acids is 1. The second-order valence-electron chi connectivity index (χ2n) is 5.51. The molecule has 2 N–H and O–H groups in total. The van der Waals surface area contributed by atoms with E-state index in [1.807, 2.05) is 0 Å². The van der Waals surface area contributed by atoms with Gasteiger partial charge >= 0.3 is 6.03 Å². The molecule has 1 atom stereocenters. The maximum Gasteiger partial charge on any atom is 0.316 e. The SMILES string of the molecule is Cc1cccc(CCC(C)NCCNC(=O)N(C)C)c1. The first-order valence-electron chi connectivity index (χ1n) is 7.23. The summed E-state index contributed by atoms with van der Waals surface area (Å²) in [5.41, 5.74) is 2.70. The molecule has 0 spiro atoms. The van der Waals surface area contributed by atoms with Gasteiger partial charge in [0.15, 0.2) is 0 Å². The second kappa shape index (κ2) is 8.59. The second-order valence-corrected chi connectivity index (χ2v) is 5.51. The number of rotatable bonds is 7. The lowest BCUT2D eigenvalue weighted by Gasteiger charge is -2.16. The molecule has 1 unspecified atom stereocenters. The topological polar surface area (TPSA) is 44.4 Å². The Bertz CT molecular complexity index is 418. The first-order valence-corrected chi connectivity index (χ1v) is 7.23. The summed E-state index contributed by atoms with van der Waals surface area (Å²) >= 11 is 0. The summed E-state index contributed by atoms with van der Waals surface area (Å²) < 4.78 is 0. The number of amides is 2. The quantitative estimate of drug-likeness (QED) is 0.750. The number of hydrogen-bond donors (Lipinski definition) is 2. The molecule has 1 aromatic rings. The van der Waals surface area contributed by atoms with Crippen molar-refractivity contribution in [3.63, 3.8) is 0 Å². The fraction of sp³-hybridized carbons (Fsp3) is 0.562. The molecular formula is C16H27N3O. The summed E-state index contributed by atoms with van der Waals surface area (Å²) in [7, 11) is 3.49. The zero-order valence-electron chi connectivity index (χ0n) is 13.1. The van der Waals surface area contributed by atoms with Crippen LogP contribution < -0.4 is 10.6 Å². The van der Waals surface area contributed by atoms with Crippen LogP contribution in [-0.4, -0.2) is 44.2 Å². The largest absolute Gasteiger partial charge is 0.337 e. The summed E-state index contributed by atoms with van der Waals surface area (Å²) in [4.78, 5) is 12.9. The number of nitrogens with one attached hydrogen (secondary N) is 2. The van der Waals surface area contributed by atoms with Crippen LogP contribution in [-0.2, 0) is 6.42 Å². The van der Waals surface area contributed by atoms with Crippen molar-refractivity contribution in [2.45, 2.75) is 32.7 Å². The molecule has 1 aromatic carbocycles. The van der Waals surface area contributed by atoms with Crippen LogP contribution in [0.25, 0.3) is 0 Å². The highest BCUT2D eigenvalue weighted by molar-refractivity contribution is 5.73. The third-order valence-electron chi connectivity index (χ3n) is 3.25. The van der Waals surface area contributed by atoms with Crippen LogP contribution in [0.2, 0.25) is 0 Å². The highest BCUT2D eigenvalue weighted by atomic mass is 16.2. The number of nitrogens with zero attached hydrogens (tertiary/aromatic N) is 1. The molecule has 4 heteroatoms. The smallest absolute Gasteiger partial charge is 0.316 e. The van der Waals surface area contributed by atoms with E-state index in [0.29, 0.717) is 12.6 Å². The monoisotopic (exact) mass is 277 g/mol. The lowest BCUT2D eigenvalue weighted by atomic mass is 10.0. The van der Waals surface area contributed by atoms with E-state index >= 15 is 0 Å². The lowest BCUT2D eigenvalue weighted by molar-refractivity contribution is 0.217. The number of benzene rings is 1. The Labute approximate surface area is 122 Å². The molecule has 0 aliphatic carbocycles. The summed E-state index contributed by atoms with van der Waals surface area (Å²) in [6, 6.07) is 9.06. The number of aryl methyl sites for hydroxylation is 2. The molecule has 0 radical (unpaired) electrons. The van der Waals surface area contributed by atoms with E-state index in [1.165, 1.54) is 11.1 Å². The zero-order chi connectivity index (χ0) is 15.0. The summed E-state index contributed by atoms with van der Waals surface area (Å²) in [5, 5.41) is 6.27. The highest BCUT2D eigenvalue weighted by Crippen LogP contribution is 2.07. The van der Waals surface area contributed by atoms with Gasteiger partial charge in [0.05, 0.1) is 0 Å². The van der Waals surface area contributed by atoms with Gasteiger partial charge in [0.1, 0.15) is 0 Å². The van der Waals surface area contributed by atoms with Gasteiger partial charge in [-0.15, -0.1) is 0 Å². The number of hydrogen-bond acceptors (Lipinski definition) is 2. The Morgan fingerprint density at radius 1 is 1.30 bits per heavy atom. The molecule has 0 fully saturated rings. The van der Waals surface area contributed by atoms with Crippen LogP contribution in [0.4, 0.5) is 4.79 Å². The first-order chi connectivity index (χ1) is 9.49. The third kappa shape index (κ3) is 6.57. The summed E-state index contributed by atoms with van der Waals surface area (Å²) in [6.07, 6.45) is 2.19. The lowest BCUT2D eigenvalue weighted by Crippen LogP contribution is -2.40. The van der Waals surface area contributed by atoms with Crippen molar-refractivity contribution in [3.8, 4) is 0 Å². The van der Waals surface area contributed by atoms with Crippen LogP contribution in [0.1, 0.15) is 24.5 Å². The van der Waals surface area contributed by atoms with Gasteiger partial charge < -0.3 is 15.5 Å². The van der Waals surface area contributed by atoms with E-state index < -0.39 is 0 Å². The highest BCUT2D eigenvalue weighted by Gasteiger charge is 2.04. The van der Waals surface area contributed by atoms with Crippen molar-refractivity contribution in [1.82, 2.24) is 15.5 Å². The van der Waals surface area contributed by atoms with Crippen LogP contribution in [0, 0.1) is 6.92 Å². The molecule has 0 bridgehead atoms. The van der Waals surface area contributed by atoms with Gasteiger partial charge in [0, 0.05) is 33.2 Å². The maximum atomic E-state index is 11.3. The van der Waals surface area contributed by atoms with Crippen molar-refractivity contribution in [3.05, 3.63) is 35.4 Å². The van der Waals surface area contributed by atoms with Gasteiger partial charge in [-0.1, -0.05) is 29.8 Å². The van der Waals surface area contributed by atoms with E-state index in [9.17, 15) is 4.79 Å². The predicted molar refractivity (Wildman–Crippen MR) is 84.1 cm³/mol. The van der Waals surface area contributed by atoms with Gasteiger partial charge in [-0.3, -0.25) is 0 Å². The van der Waals surface area contributed by atoms with Crippen LogP contribution in [0.5, 0.6) is 0 Å². The van der Waals surface area contributed by atoms with Crippen LogP contribution in [0.3, 0.4) is 0 Å². The van der Waals surface area contributed by atoms with Gasteiger partial charge in [0.2, 0.25) is 0 Å². The number of urea groups is 1. The fourth-order valence-corrected chi connectivity index (χ4v) is 2.00. The standard InChI is InChI=1S/C16H27N3O/c1-13-6-5-7-15(12-13)9-8-14(2)17-10-11-18-16(20)19(3)4/h5-7,12,14,17H,8-11H2,1-4H3,(H,18,20). The van der Waals surface area contributed by atoms with E-state index in [2.05, 4.69) is 48.7 Å². The minimum atomic E-state index is -0.0424. The molecule has 1 rings (SSSR count). The zero-order valence-corrected chi connectivity index (χ0v) is 13.1. The van der Waals surface area contributed by atoms with Gasteiger partial charge in [0.25, 0.3) is 0 Å². The van der Waals surface area contributed by atoms with Crippen molar-refractivity contribution in [2.75, 3.05) is 27.2 Å². The Morgan fingerprint density at radius 3 is 2.70 bits per heavy atom. The number of carbonyl (C=O) groups is 1. The van der Waals surface area contributed by atoms with Crippen molar-refractivity contribution < 1.29 is 4.79 Å². The Balaban J connectivity index is 2.14. The molecule has 0 saturated heterocycles. The fourth-order valence-electron chi connectivity index (χ4n) is 2.00. The third-order valence-corrected chi connectivity index (χ3v) is 3.25. The van der Waals surface area contributed by atoms with E-state index in [-0.39, 0.29) is 6.03 Å². The minimum Gasteiger partial charge on any atom is -0.337 e. The van der Waals surface area contributed by atoms with E-state index in [1.54, 1.807) is 19.0 Å². The first kappa shape index (κ1) is 16.5. The predicted octanol–water partition coefficient (Wildman–Crippen LogP) is 2.18. The molecule has 0 aliphatic heterocycles. The normalized spacial score (nSPS) is 12.0. The van der Waals surface area contributed by atoms with Gasteiger partial charge in [-0.2, -0.15) is 0 Å². The molecular weight excluding hydrogens is 250 g/mol. The minimum absolute atomic E-state index is 0.0424. The summed E-state index contributed by atoms with van der Waals surface area (Å²) in [6.45, 7) is 5.77. The maximum absolute atomic E-state index is 11.3. The Kier molecular flexibility index (Phi) is 7.09. The van der Waals surface area contributed by atoms with Crippen LogP contribution in [0.15, 0.2) is 24.3 Å². The van der Waals surface area contributed by atoms with Gasteiger partial charge in [-0.25, -0.2) is 4.79 Å². The molecule has 0 aromatic heterocycles. The molecule has 2 amide bonds.